The van der Waals surface area contributed by atoms with Gasteiger partial charge in [-0.2, -0.15) is 0 Å². The second-order valence-corrected chi connectivity index (χ2v) is 13.8. The number of fused-ring (bicyclic) bond motifs is 6. The van der Waals surface area contributed by atoms with Gasteiger partial charge in [-0.1, -0.05) is 134 Å². The van der Waals surface area contributed by atoms with E-state index in [2.05, 4.69) is 165 Å². The zero-order chi connectivity index (χ0) is 34.3. The fourth-order valence-corrected chi connectivity index (χ4v) is 7.81. The lowest BCUT2D eigenvalue weighted by atomic mass is 9.95. The molecule has 3 aliphatic rings. The third kappa shape index (κ3) is 5.93. The Morgan fingerprint density at radius 1 is 0.510 bits per heavy atom. The van der Waals surface area contributed by atoms with Crippen molar-refractivity contribution in [2.75, 3.05) is 0 Å². The van der Waals surface area contributed by atoms with Crippen molar-refractivity contribution in [3.8, 4) is 33.4 Å². The van der Waals surface area contributed by atoms with Gasteiger partial charge in [0.05, 0.1) is 5.70 Å². The topological polar surface area (TPSA) is 24.7 Å². The summed E-state index contributed by atoms with van der Waals surface area (Å²) in [5.41, 5.74) is 20.2. The van der Waals surface area contributed by atoms with Gasteiger partial charge in [0, 0.05) is 16.8 Å². The highest BCUT2D eigenvalue weighted by molar-refractivity contribution is 6.13. The molecule has 244 valence electrons. The summed E-state index contributed by atoms with van der Waals surface area (Å²) in [6, 6.07) is 48.2. The summed E-state index contributed by atoms with van der Waals surface area (Å²) in [5.74, 6) is 0.670. The van der Waals surface area contributed by atoms with Gasteiger partial charge in [-0.25, -0.2) is 9.98 Å². The Kier molecular flexibility index (Phi) is 7.86. The predicted molar refractivity (Wildman–Crippen MR) is 215 cm³/mol. The first-order valence-electron chi connectivity index (χ1n) is 17.9. The normalized spacial score (nSPS) is 14.4. The zero-order valence-corrected chi connectivity index (χ0v) is 28.9. The van der Waals surface area contributed by atoms with E-state index in [1.807, 2.05) is 0 Å². The molecule has 0 unspecified atom stereocenters. The molecule has 0 radical (unpaired) electrons. The van der Waals surface area contributed by atoms with Gasteiger partial charge in [-0.3, -0.25) is 0 Å². The van der Waals surface area contributed by atoms with Gasteiger partial charge in [-0.15, -0.1) is 0 Å². The molecular weight excluding hydrogens is 617 g/mol. The molecule has 0 N–H and O–H groups in total. The molecule has 51 heavy (non-hydrogen) atoms. The van der Waals surface area contributed by atoms with Crippen LogP contribution in [0, 0.1) is 0 Å². The van der Waals surface area contributed by atoms with E-state index in [4.69, 9.17) is 9.98 Å². The molecule has 6 aromatic carbocycles. The third-order valence-electron chi connectivity index (χ3n) is 10.5. The lowest BCUT2D eigenvalue weighted by Gasteiger charge is -2.12. The van der Waals surface area contributed by atoms with Crippen molar-refractivity contribution >= 4 is 22.8 Å². The molecular formula is C49H38N2. The minimum Gasteiger partial charge on any atom is -0.233 e. The van der Waals surface area contributed by atoms with Crippen LogP contribution in [0.5, 0.6) is 0 Å². The van der Waals surface area contributed by atoms with E-state index in [1.165, 1.54) is 61.2 Å². The van der Waals surface area contributed by atoms with E-state index in [1.54, 1.807) is 0 Å². The van der Waals surface area contributed by atoms with Crippen LogP contribution in [0.15, 0.2) is 168 Å². The van der Waals surface area contributed by atoms with Crippen LogP contribution in [0.3, 0.4) is 0 Å². The summed E-state index contributed by atoms with van der Waals surface area (Å²) in [5, 5.41) is 0. The highest BCUT2D eigenvalue weighted by Gasteiger charge is 2.21. The van der Waals surface area contributed by atoms with Gasteiger partial charge >= 0.3 is 0 Å². The van der Waals surface area contributed by atoms with E-state index in [0.29, 0.717) is 11.5 Å². The first-order chi connectivity index (χ1) is 25.1. The van der Waals surface area contributed by atoms with Crippen molar-refractivity contribution in [1.29, 1.82) is 0 Å². The van der Waals surface area contributed by atoms with Crippen molar-refractivity contribution in [3.05, 3.63) is 203 Å². The fraction of sp³-hybridized carbons (Fsp3) is 0.102. The van der Waals surface area contributed by atoms with Crippen molar-refractivity contribution < 1.29 is 0 Å². The monoisotopic (exact) mass is 654 g/mol. The molecule has 0 saturated heterocycles. The van der Waals surface area contributed by atoms with Gasteiger partial charge in [0.1, 0.15) is 0 Å². The lowest BCUT2D eigenvalue weighted by molar-refractivity contribution is 1.04. The highest BCUT2D eigenvalue weighted by Crippen LogP contribution is 2.38. The Morgan fingerprint density at radius 2 is 1.12 bits per heavy atom. The Labute approximate surface area is 300 Å². The van der Waals surface area contributed by atoms with Gasteiger partial charge in [0.25, 0.3) is 0 Å². The van der Waals surface area contributed by atoms with E-state index < -0.39 is 0 Å². The number of nitrogens with zero attached hydrogens (tertiary/aromatic N) is 2. The van der Waals surface area contributed by atoms with E-state index in [0.717, 1.165) is 53.6 Å². The van der Waals surface area contributed by atoms with E-state index in [9.17, 15) is 0 Å². The maximum atomic E-state index is 5.27. The van der Waals surface area contributed by atoms with E-state index in [-0.39, 0.29) is 0 Å². The van der Waals surface area contributed by atoms with Gasteiger partial charge in [0.2, 0.25) is 0 Å². The average Bonchev–Trinajstić information content (AvgIpc) is 3.75. The van der Waals surface area contributed by atoms with Crippen molar-refractivity contribution in [1.82, 2.24) is 0 Å². The smallest absolute Gasteiger partial charge is 0.160 e. The number of hydrogen-bond donors (Lipinski definition) is 0. The zero-order valence-electron chi connectivity index (χ0n) is 28.9. The van der Waals surface area contributed by atoms with Crippen LogP contribution in [-0.2, 0) is 12.8 Å². The molecule has 3 aliphatic carbocycles. The largest absolute Gasteiger partial charge is 0.233 e. The molecule has 0 bridgehead atoms. The molecule has 0 saturated carbocycles. The lowest BCUT2D eigenvalue weighted by Crippen LogP contribution is -2.05. The number of allylic oxidation sites excluding steroid dienone is 4. The highest BCUT2D eigenvalue weighted by atomic mass is 14.9. The molecule has 2 nitrogen and oxygen atoms in total. The summed E-state index contributed by atoms with van der Waals surface area (Å²) < 4.78 is 0. The number of hydrogen-bond acceptors (Lipinski definition) is 1. The maximum absolute atomic E-state index is 5.27. The first kappa shape index (κ1) is 30.9. The summed E-state index contributed by atoms with van der Waals surface area (Å²) in [7, 11) is 0. The Balaban J connectivity index is 1.08. The van der Waals surface area contributed by atoms with Gasteiger partial charge < -0.3 is 0 Å². The van der Waals surface area contributed by atoms with Crippen molar-refractivity contribution in [2.45, 2.75) is 32.6 Å². The van der Waals surface area contributed by atoms with E-state index >= 15 is 0 Å². The Hall–Kier alpha value is -6.12. The molecule has 0 atom stereocenters. The van der Waals surface area contributed by atoms with Crippen molar-refractivity contribution in [3.63, 3.8) is 0 Å². The number of aliphatic imine (C=N–C) groups is 2. The number of rotatable bonds is 6. The first-order valence-corrected chi connectivity index (χ1v) is 17.9. The van der Waals surface area contributed by atoms with Gasteiger partial charge in [0.15, 0.2) is 5.84 Å². The molecule has 0 aromatic heterocycles. The van der Waals surface area contributed by atoms with Crippen LogP contribution in [0.1, 0.15) is 64.3 Å². The standard InChI is InChI=1S/C49H38N2/c1-32(35-16-10-18-38(26-35)39-19-11-17-37(28-39)34-12-4-3-5-13-34)50-49(42-23-25-48-44(31-42)30-41-15-7-9-21-46(41)48)51-33(2)36-22-24-47-43(27-36)29-40-14-6-8-20-45(40)47/h4,6-28,31H,1,3,5,29-30H2,2H3/b50-49-,51-33+. The number of benzene rings is 6. The summed E-state index contributed by atoms with van der Waals surface area (Å²) in [4.78, 5) is 10.5. The number of amidine groups is 1. The Bertz CT molecular complexity index is 2500. The van der Waals surface area contributed by atoms with Crippen LogP contribution in [0.25, 0.3) is 44.7 Å². The maximum Gasteiger partial charge on any atom is 0.160 e. The summed E-state index contributed by atoms with van der Waals surface area (Å²) in [6.45, 7) is 6.59. The van der Waals surface area contributed by atoms with Crippen LogP contribution in [-0.4, -0.2) is 11.5 Å². The van der Waals surface area contributed by atoms with Crippen LogP contribution >= 0.6 is 0 Å². The minimum absolute atomic E-state index is 0.670. The quantitative estimate of drug-likeness (QED) is 0.126. The Morgan fingerprint density at radius 3 is 1.82 bits per heavy atom. The van der Waals surface area contributed by atoms with Crippen LogP contribution in [0.4, 0.5) is 0 Å². The molecule has 0 amide bonds. The molecule has 9 rings (SSSR count). The minimum atomic E-state index is 0.670. The second kappa shape index (κ2) is 13.0. The van der Waals surface area contributed by atoms with Gasteiger partial charge in [-0.05, 0) is 129 Å². The molecule has 0 heterocycles. The predicted octanol–water partition coefficient (Wildman–Crippen LogP) is 12.2. The van der Waals surface area contributed by atoms with Crippen molar-refractivity contribution in [2.24, 2.45) is 9.98 Å². The molecule has 2 heteroatoms. The molecule has 0 spiro atoms. The molecule has 0 aliphatic heterocycles. The summed E-state index contributed by atoms with van der Waals surface area (Å²) in [6.07, 6.45) is 10.9. The fourth-order valence-electron chi connectivity index (χ4n) is 7.81. The SMILES string of the molecule is C=C(/N=C(\N=C(/C)c1ccc2c(c1)Cc1ccccc1-2)c1ccc2c(c1)Cc1ccccc1-2)c1cccc(-c2cccc(C3=CCCC=C3)c2)c1. The van der Waals surface area contributed by atoms with Crippen LogP contribution < -0.4 is 0 Å². The average molecular weight is 655 g/mol. The third-order valence-corrected chi connectivity index (χ3v) is 10.5. The molecule has 6 aromatic rings. The second-order valence-electron chi connectivity index (χ2n) is 13.8. The summed E-state index contributed by atoms with van der Waals surface area (Å²) >= 11 is 0. The molecule has 0 fully saturated rings. The van der Waals surface area contributed by atoms with Crippen LogP contribution in [0.2, 0.25) is 0 Å².